The van der Waals surface area contributed by atoms with Crippen LogP contribution in [0.15, 0.2) is 0 Å². The van der Waals surface area contributed by atoms with E-state index in [1.54, 1.807) is 0 Å². The van der Waals surface area contributed by atoms with E-state index in [9.17, 15) is 4.79 Å². The first-order chi connectivity index (χ1) is 10.1. The van der Waals surface area contributed by atoms with Gasteiger partial charge in [-0.2, -0.15) is 0 Å². The molecule has 2 rings (SSSR count). The van der Waals surface area contributed by atoms with Crippen molar-refractivity contribution in [1.29, 1.82) is 0 Å². The van der Waals surface area contributed by atoms with Gasteiger partial charge in [0.25, 0.3) is 0 Å². The van der Waals surface area contributed by atoms with E-state index in [0.717, 1.165) is 71.9 Å². The highest BCUT2D eigenvalue weighted by molar-refractivity contribution is 5.78. The van der Waals surface area contributed by atoms with Crippen LogP contribution in [-0.2, 0) is 9.53 Å². The average molecular weight is 297 g/mol. The van der Waals surface area contributed by atoms with Gasteiger partial charge in [-0.05, 0) is 31.8 Å². The Kier molecular flexibility index (Phi) is 6.93. The van der Waals surface area contributed by atoms with Gasteiger partial charge in [-0.15, -0.1) is 0 Å². The van der Waals surface area contributed by atoms with Crippen LogP contribution in [0.3, 0.4) is 0 Å². The molecule has 5 heteroatoms. The fourth-order valence-corrected chi connectivity index (χ4v) is 3.20. The number of carbonyl (C=O) groups excluding carboxylic acids is 1. The molecule has 0 aromatic carbocycles. The number of nitrogens with zero attached hydrogens (tertiary/aromatic N) is 2. The van der Waals surface area contributed by atoms with Crippen LogP contribution in [0.4, 0.5) is 0 Å². The topological polar surface area (TPSA) is 44.8 Å². The Balaban J connectivity index is 1.58. The summed E-state index contributed by atoms with van der Waals surface area (Å²) in [5.41, 5.74) is 0. The molecular weight excluding hydrogens is 266 g/mol. The number of likely N-dealkylation sites (tertiary alicyclic amines) is 1. The third-order valence-electron chi connectivity index (χ3n) is 4.41. The smallest absolute Gasteiger partial charge is 0.223 e. The Hall–Kier alpha value is -0.650. The predicted octanol–water partition coefficient (Wildman–Crippen LogP) is 0.803. The fraction of sp³-hybridized carbons (Fsp3) is 0.938. The first-order valence-corrected chi connectivity index (χ1v) is 8.45. The predicted molar refractivity (Wildman–Crippen MR) is 84.3 cm³/mol. The average Bonchev–Trinajstić information content (AvgIpc) is 2.48. The molecule has 2 heterocycles. The maximum atomic E-state index is 12.2. The number of carbonyl (C=O) groups is 1. The second-order valence-electron chi connectivity index (χ2n) is 6.71. The highest BCUT2D eigenvalue weighted by Crippen LogP contribution is 2.18. The Morgan fingerprint density at radius 3 is 2.43 bits per heavy atom. The molecule has 0 saturated carbocycles. The summed E-state index contributed by atoms with van der Waals surface area (Å²) in [7, 11) is 0. The zero-order valence-electron chi connectivity index (χ0n) is 13.6. The third kappa shape index (κ3) is 5.93. The molecule has 2 aliphatic rings. The van der Waals surface area contributed by atoms with Crippen LogP contribution in [0.2, 0.25) is 0 Å². The number of rotatable bonds is 6. The van der Waals surface area contributed by atoms with Gasteiger partial charge < -0.3 is 15.0 Å². The molecule has 21 heavy (non-hydrogen) atoms. The van der Waals surface area contributed by atoms with Crippen molar-refractivity contribution < 1.29 is 9.53 Å². The Morgan fingerprint density at radius 2 is 1.81 bits per heavy atom. The second kappa shape index (κ2) is 8.71. The molecule has 1 N–H and O–H groups in total. The first-order valence-electron chi connectivity index (χ1n) is 8.45. The summed E-state index contributed by atoms with van der Waals surface area (Å²) in [6.45, 7) is 13.1. The second-order valence-corrected chi connectivity index (χ2v) is 6.71. The molecule has 0 bridgehead atoms. The van der Waals surface area contributed by atoms with Crippen LogP contribution in [0.5, 0.6) is 0 Å². The SMILES string of the molecule is CC(C)CN1CCC(C(=O)NCCN2CCOCC2)CC1. The normalized spacial score (nSPS) is 22.6. The zero-order chi connectivity index (χ0) is 15.1. The van der Waals surface area contributed by atoms with Crippen LogP contribution in [0, 0.1) is 11.8 Å². The molecule has 2 saturated heterocycles. The maximum absolute atomic E-state index is 12.2. The monoisotopic (exact) mass is 297 g/mol. The van der Waals surface area contributed by atoms with Crippen LogP contribution < -0.4 is 5.32 Å². The molecule has 2 fully saturated rings. The quantitative estimate of drug-likeness (QED) is 0.788. The molecule has 0 spiro atoms. The van der Waals surface area contributed by atoms with Crippen LogP contribution >= 0.6 is 0 Å². The van der Waals surface area contributed by atoms with Crippen molar-refractivity contribution in [2.24, 2.45) is 11.8 Å². The number of piperidine rings is 1. The Bertz CT molecular complexity index is 309. The number of hydrogen-bond acceptors (Lipinski definition) is 4. The van der Waals surface area contributed by atoms with E-state index in [2.05, 4.69) is 29.0 Å². The van der Waals surface area contributed by atoms with E-state index in [-0.39, 0.29) is 11.8 Å². The first kappa shape index (κ1) is 16.7. The summed E-state index contributed by atoms with van der Waals surface area (Å²) in [6.07, 6.45) is 2.02. The van der Waals surface area contributed by atoms with Gasteiger partial charge in [0.1, 0.15) is 0 Å². The van der Waals surface area contributed by atoms with Crippen molar-refractivity contribution in [2.45, 2.75) is 26.7 Å². The molecule has 0 radical (unpaired) electrons. The van der Waals surface area contributed by atoms with Gasteiger partial charge in [0, 0.05) is 38.6 Å². The molecule has 0 aromatic rings. The molecule has 122 valence electrons. The van der Waals surface area contributed by atoms with Crippen LogP contribution in [0.25, 0.3) is 0 Å². The number of hydrogen-bond donors (Lipinski definition) is 1. The van der Waals surface area contributed by atoms with Gasteiger partial charge in [-0.25, -0.2) is 0 Å². The lowest BCUT2D eigenvalue weighted by Crippen LogP contribution is -2.44. The van der Waals surface area contributed by atoms with Crippen molar-refractivity contribution in [3.63, 3.8) is 0 Å². The van der Waals surface area contributed by atoms with Gasteiger partial charge in [-0.1, -0.05) is 13.8 Å². The van der Waals surface area contributed by atoms with Crippen molar-refractivity contribution in [2.75, 3.05) is 59.0 Å². The molecule has 1 amide bonds. The number of nitrogens with one attached hydrogen (secondary N) is 1. The standard InChI is InChI=1S/C16H31N3O2/c1-14(2)13-19-6-3-15(4-7-19)16(20)17-5-8-18-9-11-21-12-10-18/h14-15H,3-13H2,1-2H3,(H,17,20). The molecule has 0 unspecified atom stereocenters. The van der Waals surface area contributed by atoms with Crippen molar-refractivity contribution in [1.82, 2.24) is 15.1 Å². The van der Waals surface area contributed by atoms with E-state index >= 15 is 0 Å². The Labute approximate surface area is 129 Å². The molecule has 0 atom stereocenters. The minimum absolute atomic E-state index is 0.220. The highest BCUT2D eigenvalue weighted by Gasteiger charge is 2.25. The van der Waals surface area contributed by atoms with Crippen molar-refractivity contribution >= 4 is 5.91 Å². The largest absolute Gasteiger partial charge is 0.379 e. The summed E-state index contributed by atoms with van der Waals surface area (Å²) >= 11 is 0. The minimum atomic E-state index is 0.220. The van der Waals surface area contributed by atoms with Gasteiger partial charge >= 0.3 is 0 Å². The zero-order valence-corrected chi connectivity index (χ0v) is 13.6. The lowest BCUT2D eigenvalue weighted by Gasteiger charge is -2.32. The molecular formula is C16H31N3O2. The summed E-state index contributed by atoms with van der Waals surface area (Å²) in [4.78, 5) is 17.0. The van der Waals surface area contributed by atoms with E-state index in [1.165, 1.54) is 0 Å². The van der Waals surface area contributed by atoms with E-state index in [1.807, 2.05) is 0 Å². The molecule has 0 aromatic heterocycles. The number of amides is 1. The van der Waals surface area contributed by atoms with Gasteiger partial charge in [0.05, 0.1) is 13.2 Å². The minimum Gasteiger partial charge on any atom is -0.379 e. The van der Waals surface area contributed by atoms with Crippen molar-refractivity contribution in [3.05, 3.63) is 0 Å². The van der Waals surface area contributed by atoms with E-state index in [4.69, 9.17) is 4.74 Å². The highest BCUT2D eigenvalue weighted by atomic mass is 16.5. The third-order valence-corrected chi connectivity index (χ3v) is 4.41. The van der Waals surface area contributed by atoms with Gasteiger partial charge in [0.2, 0.25) is 5.91 Å². The van der Waals surface area contributed by atoms with E-state index < -0.39 is 0 Å². The van der Waals surface area contributed by atoms with Gasteiger partial charge in [-0.3, -0.25) is 9.69 Å². The maximum Gasteiger partial charge on any atom is 0.223 e. The molecule has 5 nitrogen and oxygen atoms in total. The molecule has 0 aliphatic carbocycles. The summed E-state index contributed by atoms with van der Waals surface area (Å²) in [5.74, 6) is 1.19. The van der Waals surface area contributed by atoms with Gasteiger partial charge in [0.15, 0.2) is 0 Å². The van der Waals surface area contributed by atoms with Crippen molar-refractivity contribution in [3.8, 4) is 0 Å². The number of ether oxygens (including phenoxy) is 1. The Morgan fingerprint density at radius 1 is 1.14 bits per heavy atom. The molecule has 2 aliphatic heterocycles. The lowest BCUT2D eigenvalue weighted by atomic mass is 9.95. The van der Waals surface area contributed by atoms with Crippen LogP contribution in [-0.4, -0.2) is 74.7 Å². The summed E-state index contributed by atoms with van der Waals surface area (Å²) < 4.78 is 5.33. The van der Waals surface area contributed by atoms with Crippen LogP contribution in [0.1, 0.15) is 26.7 Å². The number of morpholine rings is 1. The fourth-order valence-electron chi connectivity index (χ4n) is 3.20. The van der Waals surface area contributed by atoms with E-state index in [0.29, 0.717) is 5.92 Å². The summed E-state index contributed by atoms with van der Waals surface area (Å²) in [6, 6.07) is 0. The lowest BCUT2D eigenvalue weighted by molar-refractivity contribution is -0.126. The summed E-state index contributed by atoms with van der Waals surface area (Å²) in [5, 5.41) is 3.12.